The van der Waals surface area contributed by atoms with E-state index < -0.39 is 12.0 Å². The number of nitrogens with one attached hydrogen (secondary N) is 1. The van der Waals surface area contributed by atoms with Crippen LogP contribution in [0, 0.1) is 5.82 Å². The molecule has 14 heteroatoms. The molecular formula is C28H31F2N9O2S. The van der Waals surface area contributed by atoms with Gasteiger partial charge in [-0.2, -0.15) is 9.97 Å². The lowest BCUT2D eigenvalue weighted by Gasteiger charge is -2.34. The highest BCUT2D eigenvalue weighted by Crippen LogP contribution is 2.41. The van der Waals surface area contributed by atoms with E-state index in [0.717, 1.165) is 43.6 Å². The highest BCUT2D eigenvalue weighted by Gasteiger charge is 2.49. The third-order valence-corrected chi connectivity index (χ3v) is 10.3. The summed E-state index contributed by atoms with van der Waals surface area (Å²) < 4.78 is 37.0. The van der Waals surface area contributed by atoms with Crippen LogP contribution < -0.4 is 26.2 Å². The standard InChI is InChI=1S/C28H31F2N9O2S/c1-37-23(17-5-6-18(30)21-20(17)33-26(31)42-21)34-22-19(25(37)40)24(38-11-15-3-4-16(12-38)32-15)36-27(35-22)41-13-28-7-2-8-39(28)10-14(29)9-28/h5-6,14-16,32H,2-4,7-13H2,1H3,(H2,31,33)/t14-,15?,16?,28+/m1/s1. The number of fused-ring (bicyclic) bond motifs is 5. The Morgan fingerprint density at radius 1 is 1.17 bits per heavy atom. The number of anilines is 2. The van der Waals surface area contributed by atoms with E-state index in [1.165, 1.54) is 10.6 Å². The van der Waals surface area contributed by atoms with Crippen LogP contribution in [0.4, 0.5) is 19.7 Å². The lowest BCUT2D eigenvalue weighted by molar-refractivity contribution is 0.107. The molecule has 4 fully saturated rings. The summed E-state index contributed by atoms with van der Waals surface area (Å²) in [7, 11) is 1.63. The highest BCUT2D eigenvalue weighted by molar-refractivity contribution is 7.22. The van der Waals surface area contributed by atoms with Crippen molar-refractivity contribution in [1.29, 1.82) is 0 Å². The zero-order chi connectivity index (χ0) is 28.7. The van der Waals surface area contributed by atoms with Crippen molar-refractivity contribution < 1.29 is 13.5 Å². The van der Waals surface area contributed by atoms with Crippen LogP contribution in [-0.2, 0) is 7.05 Å². The van der Waals surface area contributed by atoms with Gasteiger partial charge in [-0.3, -0.25) is 14.3 Å². The van der Waals surface area contributed by atoms with Crippen molar-refractivity contribution in [1.82, 2.24) is 34.7 Å². The maximum absolute atomic E-state index is 14.6. The van der Waals surface area contributed by atoms with Gasteiger partial charge in [-0.05, 0) is 44.4 Å². The number of halogens is 2. The second kappa shape index (κ2) is 9.51. The molecule has 3 aromatic heterocycles. The third kappa shape index (κ3) is 4.06. The van der Waals surface area contributed by atoms with Crippen LogP contribution >= 0.6 is 11.3 Å². The van der Waals surface area contributed by atoms with Crippen LogP contribution in [0.1, 0.15) is 32.1 Å². The van der Waals surface area contributed by atoms with E-state index in [2.05, 4.69) is 25.1 Å². The Morgan fingerprint density at radius 3 is 2.79 bits per heavy atom. The number of hydrogen-bond acceptors (Lipinski definition) is 11. The van der Waals surface area contributed by atoms with Gasteiger partial charge in [0, 0.05) is 50.7 Å². The van der Waals surface area contributed by atoms with Gasteiger partial charge in [-0.25, -0.2) is 18.7 Å². The molecule has 4 aliphatic heterocycles. The van der Waals surface area contributed by atoms with E-state index in [9.17, 15) is 13.6 Å². The zero-order valence-electron chi connectivity index (χ0n) is 23.1. The summed E-state index contributed by atoms with van der Waals surface area (Å²) in [4.78, 5) is 37.0. The van der Waals surface area contributed by atoms with Crippen LogP contribution in [0.3, 0.4) is 0 Å². The molecule has 0 spiro atoms. The molecular weight excluding hydrogens is 564 g/mol. The van der Waals surface area contributed by atoms with Gasteiger partial charge < -0.3 is 20.7 Å². The number of rotatable bonds is 5. The Balaban J connectivity index is 1.27. The molecule has 0 amide bonds. The third-order valence-electron chi connectivity index (χ3n) is 9.40. The molecule has 4 atom stereocenters. The predicted octanol–water partition coefficient (Wildman–Crippen LogP) is 2.62. The Labute approximate surface area is 243 Å². The van der Waals surface area contributed by atoms with E-state index in [1.54, 1.807) is 13.1 Å². The fourth-order valence-electron chi connectivity index (χ4n) is 7.45. The van der Waals surface area contributed by atoms with Crippen LogP contribution in [0.2, 0.25) is 0 Å². The number of hydrogen-bond donors (Lipinski definition) is 2. The normalized spacial score (nSPS) is 27.4. The van der Waals surface area contributed by atoms with Crippen molar-refractivity contribution in [3.05, 3.63) is 28.3 Å². The second-order valence-corrected chi connectivity index (χ2v) is 13.1. The minimum atomic E-state index is -0.877. The molecule has 0 radical (unpaired) electrons. The molecule has 3 N–H and O–H groups in total. The van der Waals surface area contributed by atoms with Gasteiger partial charge in [0.15, 0.2) is 16.6 Å². The molecule has 8 rings (SSSR count). The lowest BCUT2D eigenvalue weighted by Crippen LogP contribution is -2.51. The monoisotopic (exact) mass is 595 g/mol. The molecule has 2 unspecified atom stereocenters. The van der Waals surface area contributed by atoms with Crippen molar-refractivity contribution in [3.63, 3.8) is 0 Å². The molecule has 2 bridgehead atoms. The molecule has 220 valence electrons. The first-order chi connectivity index (χ1) is 20.3. The largest absolute Gasteiger partial charge is 0.461 e. The van der Waals surface area contributed by atoms with E-state index in [0.29, 0.717) is 65.1 Å². The van der Waals surface area contributed by atoms with Gasteiger partial charge in [-0.1, -0.05) is 11.3 Å². The number of thiazole rings is 1. The van der Waals surface area contributed by atoms with Gasteiger partial charge >= 0.3 is 6.01 Å². The number of nitrogens with zero attached hydrogens (tertiary/aromatic N) is 7. The minimum absolute atomic E-state index is 0.112. The van der Waals surface area contributed by atoms with Gasteiger partial charge in [0.05, 0.1) is 15.8 Å². The summed E-state index contributed by atoms with van der Waals surface area (Å²) in [5.74, 6) is 0.339. The summed E-state index contributed by atoms with van der Waals surface area (Å²) in [5, 5.41) is 4.14. The molecule has 4 saturated heterocycles. The fourth-order valence-corrected chi connectivity index (χ4v) is 8.22. The first kappa shape index (κ1) is 26.2. The first-order valence-electron chi connectivity index (χ1n) is 14.4. The van der Waals surface area contributed by atoms with Gasteiger partial charge in [-0.15, -0.1) is 0 Å². The minimum Gasteiger partial charge on any atom is -0.461 e. The summed E-state index contributed by atoms with van der Waals surface area (Å²) in [6, 6.07) is 3.61. The first-order valence-corrected chi connectivity index (χ1v) is 15.3. The molecule has 0 aliphatic carbocycles. The summed E-state index contributed by atoms with van der Waals surface area (Å²) in [6.45, 7) is 2.94. The average Bonchev–Trinajstić information content (AvgIpc) is 3.71. The van der Waals surface area contributed by atoms with Crippen molar-refractivity contribution in [3.8, 4) is 17.4 Å². The maximum Gasteiger partial charge on any atom is 0.320 e. The van der Waals surface area contributed by atoms with Crippen molar-refractivity contribution in [2.75, 3.05) is 43.4 Å². The maximum atomic E-state index is 14.6. The van der Waals surface area contributed by atoms with Crippen LogP contribution in [-0.4, -0.2) is 86.0 Å². The lowest BCUT2D eigenvalue weighted by atomic mass is 9.95. The molecule has 1 aromatic carbocycles. The molecule has 7 heterocycles. The Bertz CT molecular complexity index is 1790. The van der Waals surface area contributed by atoms with Crippen LogP contribution in [0.25, 0.3) is 32.6 Å². The molecule has 11 nitrogen and oxygen atoms in total. The fraction of sp³-hybridized carbons (Fsp3) is 0.536. The Hall–Kier alpha value is -3.49. The zero-order valence-corrected chi connectivity index (χ0v) is 24.0. The molecule has 4 aliphatic rings. The number of nitrogens with two attached hydrogens (primary N) is 1. The van der Waals surface area contributed by atoms with Crippen LogP contribution in [0.15, 0.2) is 16.9 Å². The quantitative estimate of drug-likeness (QED) is 0.356. The van der Waals surface area contributed by atoms with Crippen LogP contribution in [0.5, 0.6) is 6.01 Å². The highest BCUT2D eigenvalue weighted by atomic mass is 32.1. The SMILES string of the molecule is Cn1c(-c2ccc(F)c3sc(N)nc23)nc2nc(OC[C@@]34CCCN3C[C@H](F)C4)nc(N3CC4CCC(C3)N4)c2c1=O. The smallest absolute Gasteiger partial charge is 0.320 e. The number of piperazine rings is 1. The predicted molar refractivity (Wildman–Crippen MR) is 156 cm³/mol. The molecule has 42 heavy (non-hydrogen) atoms. The topological polar surface area (TPSA) is 127 Å². The van der Waals surface area contributed by atoms with Gasteiger partial charge in [0.1, 0.15) is 29.8 Å². The number of ether oxygens (including phenoxy) is 1. The number of nitrogen functional groups attached to an aromatic ring is 1. The summed E-state index contributed by atoms with van der Waals surface area (Å²) in [5.41, 5.74) is 6.23. The van der Waals surface area contributed by atoms with Gasteiger partial charge in [0.25, 0.3) is 5.56 Å². The Morgan fingerprint density at radius 2 is 1.98 bits per heavy atom. The molecule has 0 saturated carbocycles. The van der Waals surface area contributed by atoms with Gasteiger partial charge in [0.2, 0.25) is 0 Å². The van der Waals surface area contributed by atoms with E-state index in [-0.39, 0.29) is 40.3 Å². The van der Waals surface area contributed by atoms with E-state index in [1.807, 2.05) is 0 Å². The second-order valence-electron chi connectivity index (χ2n) is 12.1. The molecule has 4 aromatic rings. The Kier molecular flexibility index (Phi) is 5.92. The summed E-state index contributed by atoms with van der Waals surface area (Å²) >= 11 is 1.04. The number of benzene rings is 1. The average molecular weight is 596 g/mol. The van der Waals surface area contributed by atoms with Crippen molar-refractivity contribution in [2.24, 2.45) is 7.05 Å². The van der Waals surface area contributed by atoms with E-state index in [4.69, 9.17) is 20.4 Å². The number of aromatic nitrogens is 5. The summed E-state index contributed by atoms with van der Waals surface area (Å²) in [6.07, 6.45) is 3.53. The van der Waals surface area contributed by atoms with Crippen molar-refractivity contribution in [2.45, 2.75) is 55.9 Å². The van der Waals surface area contributed by atoms with Crippen molar-refractivity contribution >= 4 is 43.5 Å². The number of alkyl halides is 1. The van der Waals surface area contributed by atoms with E-state index >= 15 is 0 Å².